The molecule has 4 rings (SSSR count). The molecule has 2 amide bonds. The second-order valence-electron chi connectivity index (χ2n) is 9.92. The molecule has 1 fully saturated rings. The molecular weight excluding hydrogens is 426 g/mol. The van der Waals surface area contributed by atoms with Crippen molar-refractivity contribution in [3.63, 3.8) is 0 Å². The monoisotopic (exact) mass is 461 g/mol. The van der Waals surface area contributed by atoms with Crippen molar-refractivity contribution in [3.05, 3.63) is 71.8 Å². The van der Waals surface area contributed by atoms with Gasteiger partial charge in [-0.25, -0.2) is 4.99 Å². The third-order valence-electron chi connectivity index (χ3n) is 6.86. The van der Waals surface area contributed by atoms with Gasteiger partial charge in [-0.2, -0.15) is 0 Å². The molecule has 1 saturated carbocycles. The summed E-state index contributed by atoms with van der Waals surface area (Å²) in [7, 11) is 0. The van der Waals surface area contributed by atoms with E-state index in [4.69, 9.17) is 11.5 Å². The van der Waals surface area contributed by atoms with Gasteiger partial charge in [0.2, 0.25) is 5.91 Å². The molecule has 1 aliphatic carbocycles. The molecule has 1 unspecified atom stereocenters. The van der Waals surface area contributed by atoms with Crippen LogP contribution >= 0.6 is 0 Å². The molecule has 0 radical (unpaired) electrons. The molecule has 7 heteroatoms. The zero-order chi connectivity index (χ0) is 24.3. The number of aliphatic imine (C=N–C) groups is 1. The number of guanidine groups is 1. The third-order valence-corrected chi connectivity index (χ3v) is 6.86. The Hall–Kier alpha value is -3.19. The quantitative estimate of drug-likeness (QED) is 0.472. The molecule has 0 aromatic heterocycles. The number of nitrogens with two attached hydrogens (primary N) is 2. The molecule has 34 heavy (non-hydrogen) atoms. The average Bonchev–Trinajstić information content (AvgIpc) is 3.47. The van der Waals surface area contributed by atoms with Crippen molar-refractivity contribution >= 4 is 17.8 Å². The maximum absolute atomic E-state index is 13.5. The summed E-state index contributed by atoms with van der Waals surface area (Å²) in [6, 6.07) is 19.6. The molecule has 0 bridgehead atoms. The molecule has 2 aromatic carbocycles. The van der Waals surface area contributed by atoms with Crippen molar-refractivity contribution in [1.82, 2.24) is 10.2 Å². The lowest BCUT2D eigenvalue weighted by Crippen LogP contribution is -2.45. The zero-order valence-corrected chi connectivity index (χ0v) is 20.0. The van der Waals surface area contributed by atoms with Gasteiger partial charge >= 0.3 is 0 Å². The summed E-state index contributed by atoms with van der Waals surface area (Å²) in [6.07, 6.45) is 2.69. The number of unbranched alkanes of at least 4 members (excludes halogenated alkanes) is 1. The Balaban J connectivity index is 1.29. The molecule has 3 atom stereocenters. The van der Waals surface area contributed by atoms with Gasteiger partial charge in [0, 0.05) is 19.0 Å². The molecule has 0 saturated heterocycles. The number of carbonyl (C=O) groups is 2. The van der Waals surface area contributed by atoms with Crippen LogP contribution in [-0.2, 0) is 15.1 Å². The minimum Gasteiger partial charge on any atom is -0.369 e. The van der Waals surface area contributed by atoms with E-state index in [0.717, 1.165) is 17.5 Å². The van der Waals surface area contributed by atoms with Gasteiger partial charge in [-0.1, -0.05) is 74.5 Å². The number of carbonyl (C=O) groups excluding carboxylic acids is 2. The Morgan fingerprint density at radius 1 is 1.12 bits per heavy atom. The highest BCUT2D eigenvalue weighted by Crippen LogP contribution is 2.49. The molecule has 2 aromatic rings. The van der Waals surface area contributed by atoms with Crippen LogP contribution in [0.5, 0.6) is 0 Å². The molecular formula is C27H35N5O2. The summed E-state index contributed by atoms with van der Waals surface area (Å²) < 4.78 is 0. The smallest absolute Gasteiger partial charge is 0.261 e. The lowest BCUT2D eigenvalue weighted by atomic mass is 9.82. The SMILES string of the molecule is CC(C)CC1(c2ccccc2)N=C(N)N(CCCCNC(=O)[C@@]2(N)C[C@@H]2c2ccccc2)C1=O. The van der Waals surface area contributed by atoms with Crippen molar-refractivity contribution in [2.24, 2.45) is 22.4 Å². The first kappa shape index (κ1) is 24.0. The van der Waals surface area contributed by atoms with Crippen LogP contribution in [0.15, 0.2) is 65.7 Å². The van der Waals surface area contributed by atoms with Crippen LogP contribution in [0.25, 0.3) is 0 Å². The summed E-state index contributed by atoms with van der Waals surface area (Å²) in [6.45, 7) is 5.15. The van der Waals surface area contributed by atoms with Crippen molar-refractivity contribution in [2.45, 2.75) is 56.5 Å². The maximum atomic E-state index is 13.5. The van der Waals surface area contributed by atoms with Gasteiger partial charge in [0.25, 0.3) is 5.91 Å². The standard InChI is InChI=1S/C27H35N5O2/c1-19(2)17-27(21-13-7-4-8-14-21)24(34)32(25(28)31-27)16-10-9-15-30-23(33)26(29)18-22(26)20-11-5-3-6-12-20/h3-8,11-14,19,22H,9-10,15-18,29H2,1-2H3,(H2,28,31)(H,30,33)/t22-,26-,27?/m1/s1. The molecule has 7 nitrogen and oxygen atoms in total. The van der Waals surface area contributed by atoms with Crippen molar-refractivity contribution in [1.29, 1.82) is 0 Å². The van der Waals surface area contributed by atoms with E-state index in [-0.39, 0.29) is 29.6 Å². The Kier molecular flexibility index (Phi) is 6.75. The fourth-order valence-electron chi connectivity index (χ4n) is 4.98. The molecule has 0 spiro atoms. The van der Waals surface area contributed by atoms with E-state index < -0.39 is 11.1 Å². The first-order valence-corrected chi connectivity index (χ1v) is 12.1. The van der Waals surface area contributed by atoms with E-state index in [1.165, 1.54) is 0 Å². The van der Waals surface area contributed by atoms with Crippen LogP contribution in [0, 0.1) is 5.92 Å². The van der Waals surface area contributed by atoms with Crippen molar-refractivity contribution in [3.8, 4) is 0 Å². The van der Waals surface area contributed by atoms with E-state index in [2.05, 4.69) is 24.2 Å². The molecule has 2 aliphatic rings. The van der Waals surface area contributed by atoms with E-state index in [1.54, 1.807) is 4.90 Å². The first-order chi connectivity index (χ1) is 16.3. The Bertz CT molecular complexity index is 1060. The first-order valence-electron chi connectivity index (χ1n) is 12.1. The highest BCUT2D eigenvalue weighted by Gasteiger charge is 2.57. The van der Waals surface area contributed by atoms with Gasteiger partial charge in [0.05, 0.1) is 0 Å². The van der Waals surface area contributed by atoms with Crippen molar-refractivity contribution < 1.29 is 9.59 Å². The summed E-state index contributed by atoms with van der Waals surface area (Å²) in [5.41, 5.74) is 12.8. The van der Waals surface area contributed by atoms with Crippen LogP contribution in [-0.4, -0.2) is 41.3 Å². The van der Waals surface area contributed by atoms with Crippen LogP contribution < -0.4 is 16.8 Å². The van der Waals surface area contributed by atoms with Gasteiger partial charge in [-0.15, -0.1) is 0 Å². The van der Waals surface area contributed by atoms with Gasteiger partial charge < -0.3 is 16.8 Å². The minimum atomic E-state index is -0.960. The van der Waals surface area contributed by atoms with E-state index >= 15 is 0 Å². The number of nitrogens with zero attached hydrogens (tertiary/aromatic N) is 2. The highest BCUT2D eigenvalue weighted by atomic mass is 16.2. The number of nitrogens with one attached hydrogen (secondary N) is 1. The number of amides is 2. The molecule has 5 N–H and O–H groups in total. The fourth-order valence-corrected chi connectivity index (χ4v) is 4.98. The van der Waals surface area contributed by atoms with E-state index in [1.807, 2.05) is 60.7 Å². The van der Waals surface area contributed by atoms with Crippen LogP contribution in [0.4, 0.5) is 0 Å². The predicted octanol–water partition coefficient (Wildman–Crippen LogP) is 2.87. The number of rotatable bonds is 10. The molecule has 1 aliphatic heterocycles. The van der Waals surface area contributed by atoms with Gasteiger partial charge in [0.15, 0.2) is 11.5 Å². The highest BCUT2D eigenvalue weighted by molar-refractivity contribution is 6.07. The second kappa shape index (κ2) is 9.58. The van der Waals surface area contributed by atoms with Gasteiger partial charge in [-0.3, -0.25) is 14.5 Å². The Morgan fingerprint density at radius 3 is 2.41 bits per heavy atom. The average molecular weight is 462 g/mol. The summed E-state index contributed by atoms with van der Waals surface area (Å²) in [5, 5.41) is 2.97. The lowest BCUT2D eigenvalue weighted by molar-refractivity contribution is -0.132. The number of benzene rings is 2. The van der Waals surface area contributed by atoms with Gasteiger partial charge in [0.1, 0.15) is 5.54 Å². The topological polar surface area (TPSA) is 114 Å². The number of hydrogen-bond donors (Lipinski definition) is 3. The van der Waals surface area contributed by atoms with Crippen LogP contribution in [0.3, 0.4) is 0 Å². The van der Waals surface area contributed by atoms with E-state index in [9.17, 15) is 9.59 Å². The zero-order valence-electron chi connectivity index (χ0n) is 20.0. The third kappa shape index (κ3) is 4.57. The normalized spacial score (nSPS) is 26.0. The van der Waals surface area contributed by atoms with E-state index in [0.29, 0.717) is 32.4 Å². The maximum Gasteiger partial charge on any atom is 0.261 e. The number of hydrogen-bond acceptors (Lipinski definition) is 5. The lowest BCUT2D eigenvalue weighted by Gasteiger charge is -2.28. The van der Waals surface area contributed by atoms with Crippen LogP contribution in [0.2, 0.25) is 0 Å². The summed E-state index contributed by atoms with van der Waals surface area (Å²) in [5.74, 6) is 0.432. The van der Waals surface area contributed by atoms with Gasteiger partial charge in [-0.05, 0) is 42.7 Å². The Labute approximate surface area is 201 Å². The molecule has 180 valence electrons. The summed E-state index contributed by atoms with van der Waals surface area (Å²) >= 11 is 0. The van der Waals surface area contributed by atoms with Crippen molar-refractivity contribution in [2.75, 3.05) is 13.1 Å². The largest absolute Gasteiger partial charge is 0.369 e. The second-order valence-corrected chi connectivity index (χ2v) is 9.92. The fraction of sp³-hybridized carbons (Fsp3) is 0.444. The summed E-state index contributed by atoms with van der Waals surface area (Å²) in [4.78, 5) is 32.4. The van der Waals surface area contributed by atoms with Crippen LogP contribution in [0.1, 0.15) is 56.6 Å². The predicted molar refractivity (Wildman–Crippen MR) is 134 cm³/mol. The Morgan fingerprint density at radius 2 is 1.76 bits per heavy atom. The molecule has 1 heterocycles. The minimum absolute atomic E-state index is 0.0685.